The fourth-order valence-electron chi connectivity index (χ4n) is 5.25. The van der Waals surface area contributed by atoms with Crippen LogP contribution in [0.15, 0.2) is 24.3 Å². The number of nitrogens with one attached hydrogen (secondary N) is 3. The number of pyridine rings is 1. The Morgan fingerprint density at radius 1 is 1.26 bits per heavy atom. The van der Waals surface area contributed by atoms with E-state index < -0.39 is 11.6 Å². The minimum Gasteiger partial charge on any atom is -0.386 e. The van der Waals surface area contributed by atoms with Gasteiger partial charge in [0.25, 0.3) is 5.91 Å². The number of fused-ring (bicyclic) bond motifs is 2. The molecule has 34 heavy (non-hydrogen) atoms. The highest BCUT2D eigenvalue weighted by Crippen LogP contribution is 2.35. The molecule has 9 heteroatoms. The lowest BCUT2D eigenvalue weighted by Crippen LogP contribution is -2.55. The molecule has 5 rings (SSSR count). The van der Waals surface area contributed by atoms with Crippen molar-refractivity contribution in [2.24, 2.45) is 0 Å². The summed E-state index contributed by atoms with van der Waals surface area (Å²) in [6.45, 7) is 3.56. The van der Waals surface area contributed by atoms with Crippen LogP contribution in [0.1, 0.15) is 40.2 Å². The summed E-state index contributed by atoms with van der Waals surface area (Å²) in [7, 11) is 1.77. The molecular formula is C25H29F2N5OS. The highest BCUT2D eigenvalue weighted by molar-refractivity contribution is 7.21. The Morgan fingerprint density at radius 3 is 2.94 bits per heavy atom. The number of amides is 1. The molecule has 180 valence electrons. The normalized spacial score (nSPS) is 19.9. The Hall–Kier alpha value is -2.78. The first-order chi connectivity index (χ1) is 16.5. The largest absolute Gasteiger partial charge is 0.386 e. The molecule has 1 aliphatic heterocycles. The van der Waals surface area contributed by atoms with Gasteiger partial charge >= 0.3 is 0 Å². The molecule has 2 unspecified atom stereocenters. The van der Waals surface area contributed by atoms with E-state index in [9.17, 15) is 9.18 Å². The van der Waals surface area contributed by atoms with Gasteiger partial charge in [-0.2, -0.15) is 0 Å². The number of rotatable bonds is 6. The van der Waals surface area contributed by atoms with Crippen molar-refractivity contribution in [1.82, 2.24) is 15.6 Å². The third kappa shape index (κ3) is 4.22. The van der Waals surface area contributed by atoms with Crippen molar-refractivity contribution in [3.8, 4) is 0 Å². The monoisotopic (exact) mass is 485 g/mol. The predicted molar refractivity (Wildman–Crippen MR) is 133 cm³/mol. The predicted octanol–water partition coefficient (Wildman–Crippen LogP) is 4.23. The van der Waals surface area contributed by atoms with Gasteiger partial charge in [-0.25, -0.2) is 13.8 Å². The quantitative estimate of drug-likeness (QED) is 0.488. The van der Waals surface area contributed by atoms with Crippen LogP contribution in [-0.4, -0.2) is 49.7 Å². The van der Waals surface area contributed by atoms with E-state index in [1.165, 1.54) is 23.5 Å². The van der Waals surface area contributed by atoms with Gasteiger partial charge in [0.15, 0.2) is 0 Å². The van der Waals surface area contributed by atoms with Crippen molar-refractivity contribution in [1.29, 1.82) is 0 Å². The number of anilines is 2. The lowest BCUT2D eigenvalue weighted by atomic mass is 10.0. The second-order valence-corrected chi connectivity index (χ2v) is 10.0. The van der Waals surface area contributed by atoms with Gasteiger partial charge in [-0.1, -0.05) is 0 Å². The molecule has 1 aromatic carbocycles. The van der Waals surface area contributed by atoms with E-state index in [2.05, 4.69) is 20.9 Å². The van der Waals surface area contributed by atoms with Crippen LogP contribution in [-0.2, 0) is 6.42 Å². The molecule has 1 amide bonds. The number of nitrogens with zero attached hydrogens (tertiary/aromatic N) is 2. The summed E-state index contributed by atoms with van der Waals surface area (Å²) in [4.78, 5) is 20.7. The third-order valence-corrected chi connectivity index (χ3v) is 7.99. The van der Waals surface area contributed by atoms with Crippen molar-refractivity contribution in [3.63, 3.8) is 0 Å². The molecule has 1 saturated heterocycles. The lowest BCUT2D eigenvalue weighted by Gasteiger charge is -2.40. The van der Waals surface area contributed by atoms with Gasteiger partial charge in [-0.3, -0.25) is 4.79 Å². The fourth-order valence-corrected chi connectivity index (χ4v) is 6.39. The fraction of sp³-hybridized carbons (Fsp3) is 0.440. The summed E-state index contributed by atoms with van der Waals surface area (Å²) in [5, 5.41) is 10.3. The molecule has 2 aliphatic rings. The average molecular weight is 486 g/mol. The van der Waals surface area contributed by atoms with E-state index in [0.29, 0.717) is 23.2 Å². The zero-order chi connectivity index (χ0) is 23.8. The van der Waals surface area contributed by atoms with Gasteiger partial charge in [0, 0.05) is 55.9 Å². The molecule has 1 saturated carbocycles. The zero-order valence-electron chi connectivity index (χ0n) is 19.4. The first-order valence-electron chi connectivity index (χ1n) is 11.8. The summed E-state index contributed by atoms with van der Waals surface area (Å²) in [5.41, 5.74) is 2.22. The van der Waals surface area contributed by atoms with Gasteiger partial charge in [-0.05, 0) is 56.4 Å². The number of halogens is 2. The molecule has 0 radical (unpaired) electrons. The van der Waals surface area contributed by atoms with Crippen molar-refractivity contribution < 1.29 is 13.6 Å². The Bertz CT molecular complexity index is 1230. The molecular weight excluding hydrogens is 456 g/mol. The van der Waals surface area contributed by atoms with Gasteiger partial charge in [0.05, 0.1) is 11.4 Å². The van der Waals surface area contributed by atoms with Crippen molar-refractivity contribution in [2.45, 2.75) is 44.7 Å². The Morgan fingerprint density at radius 2 is 2.12 bits per heavy atom. The molecule has 0 spiro atoms. The maximum absolute atomic E-state index is 15.0. The smallest absolute Gasteiger partial charge is 0.263 e. The number of aromatic nitrogens is 1. The SMILES string of the molecule is CNc1c(C(=O)NCCc2cc(F)c(N3CCNC4CCCC43)cc2F)sc2nc(C)ccc12. The minimum absolute atomic E-state index is 0.205. The summed E-state index contributed by atoms with van der Waals surface area (Å²) in [5.74, 6) is -1.09. The minimum atomic E-state index is -0.434. The van der Waals surface area contributed by atoms with Gasteiger partial charge in [0.2, 0.25) is 0 Å². The third-order valence-electron chi connectivity index (χ3n) is 6.90. The van der Waals surface area contributed by atoms with E-state index >= 15 is 4.39 Å². The summed E-state index contributed by atoms with van der Waals surface area (Å²) in [6, 6.07) is 7.03. The number of hydrogen-bond donors (Lipinski definition) is 3. The first kappa shape index (κ1) is 23.0. The second kappa shape index (κ2) is 9.46. The van der Waals surface area contributed by atoms with E-state index in [1.54, 1.807) is 7.05 Å². The van der Waals surface area contributed by atoms with Gasteiger partial charge < -0.3 is 20.9 Å². The average Bonchev–Trinajstić information content (AvgIpc) is 3.45. The first-order valence-corrected chi connectivity index (χ1v) is 12.6. The number of carbonyl (C=O) groups is 1. The topological polar surface area (TPSA) is 69.3 Å². The van der Waals surface area contributed by atoms with Crippen LogP contribution in [0.4, 0.5) is 20.2 Å². The maximum atomic E-state index is 15.0. The van der Waals surface area contributed by atoms with E-state index in [-0.39, 0.29) is 30.5 Å². The molecule has 1 aliphatic carbocycles. The number of carbonyl (C=O) groups excluding carboxylic acids is 1. The number of thiophene rings is 1. The highest BCUT2D eigenvalue weighted by Gasteiger charge is 2.36. The summed E-state index contributed by atoms with van der Waals surface area (Å²) in [6.07, 6.45) is 3.38. The molecule has 3 N–H and O–H groups in total. The van der Waals surface area contributed by atoms with Gasteiger partial charge in [0.1, 0.15) is 21.3 Å². The van der Waals surface area contributed by atoms with Crippen molar-refractivity contribution in [3.05, 3.63) is 52.0 Å². The second-order valence-electron chi connectivity index (χ2n) is 9.01. The summed E-state index contributed by atoms with van der Waals surface area (Å²) < 4.78 is 30.0. The molecule has 6 nitrogen and oxygen atoms in total. The van der Waals surface area contributed by atoms with Gasteiger partial charge in [-0.15, -0.1) is 11.3 Å². The molecule has 2 atom stereocenters. The van der Waals surface area contributed by atoms with Crippen LogP contribution in [0.2, 0.25) is 0 Å². The number of benzene rings is 1. The van der Waals surface area contributed by atoms with Crippen molar-refractivity contribution >= 4 is 38.8 Å². The Balaban J connectivity index is 1.27. The van der Waals surface area contributed by atoms with E-state index in [1.807, 2.05) is 24.0 Å². The molecule has 3 heterocycles. The number of piperazine rings is 1. The maximum Gasteiger partial charge on any atom is 0.263 e. The Labute approximate surface area is 201 Å². The molecule has 0 bridgehead atoms. The molecule has 2 aromatic heterocycles. The molecule has 3 aromatic rings. The van der Waals surface area contributed by atoms with Crippen LogP contribution >= 0.6 is 11.3 Å². The Kier molecular flexibility index (Phi) is 6.40. The van der Waals surface area contributed by atoms with Crippen LogP contribution in [0.5, 0.6) is 0 Å². The zero-order valence-corrected chi connectivity index (χ0v) is 20.2. The van der Waals surface area contributed by atoms with Crippen LogP contribution in [0.3, 0.4) is 0 Å². The van der Waals surface area contributed by atoms with E-state index in [0.717, 1.165) is 47.4 Å². The van der Waals surface area contributed by atoms with Crippen molar-refractivity contribution in [2.75, 3.05) is 36.9 Å². The highest BCUT2D eigenvalue weighted by atomic mass is 32.1. The lowest BCUT2D eigenvalue weighted by molar-refractivity contribution is 0.0959. The van der Waals surface area contributed by atoms with Crippen LogP contribution < -0.4 is 20.9 Å². The van der Waals surface area contributed by atoms with Crippen LogP contribution in [0, 0.1) is 18.6 Å². The van der Waals surface area contributed by atoms with E-state index in [4.69, 9.17) is 0 Å². The number of hydrogen-bond acceptors (Lipinski definition) is 6. The number of aryl methyl sites for hydroxylation is 1. The summed E-state index contributed by atoms with van der Waals surface area (Å²) >= 11 is 1.32. The van der Waals surface area contributed by atoms with Crippen LogP contribution in [0.25, 0.3) is 10.2 Å². The standard InChI is InChI=1S/C25H29F2N5OS/c1-14-6-7-16-22(28-2)23(34-25(16)31-14)24(33)30-9-8-15-12-18(27)21(13-17(15)26)32-11-10-29-19-4-3-5-20(19)32/h6-7,12-13,19-20,28-29H,3-5,8-11H2,1-2H3,(H,30,33). The molecule has 2 fully saturated rings.